The number of carbonyl (C=O) groups is 1. The lowest BCUT2D eigenvalue weighted by Gasteiger charge is -2.13. The number of nitrogens with one attached hydrogen (secondary N) is 2. The summed E-state index contributed by atoms with van der Waals surface area (Å²) in [5.41, 5.74) is 3.12. The second-order valence-electron chi connectivity index (χ2n) is 5.63. The predicted octanol–water partition coefficient (Wildman–Crippen LogP) is 3.48. The molecule has 0 aliphatic carbocycles. The minimum absolute atomic E-state index is 0.322. The molecule has 2 heterocycles. The van der Waals surface area contributed by atoms with Crippen molar-refractivity contribution < 1.29 is 14.3 Å². The molecule has 27 heavy (non-hydrogen) atoms. The average molecular weight is 364 g/mol. The third-order valence-electron chi connectivity index (χ3n) is 3.92. The van der Waals surface area contributed by atoms with E-state index in [1.165, 1.54) is 7.11 Å². The molecular formula is C20H20N4O3. The van der Waals surface area contributed by atoms with E-state index in [-0.39, 0.29) is 6.03 Å². The molecule has 0 aliphatic heterocycles. The molecule has 0 spiro atoms. The van der Waals surface area contributed by atoms with Gasteiger partial charge in [0.15, 0.2) is 0 Å². The lowest BCUT2D eigenvalue weighted by atomic mass is 10.1. The number of methoxy groups -OCH3 is 2. The molecule has 0 unspecified atom stereocenters. The Morgan fingerprint density at radius 1 is 1.07 bits per heavy atom. The lowest BCUT2D eigenvalue weighted by Crippen LogP contribution is -2.28. The predicted molar refractivity (Wildman–Crippen MR) is 103 cm³/mol. The number of hydrogen-bond acceptors (Lipinski definition) is 5. The molecule has 0 aliphatic rings. The number of amides is 2. The van der Waals surface area contributed by atoms with Gasteiger partial charge in [0, 0.05) is 36.8 Å². The van der Waals surface area contributed by atoms with Crippen LogP contribution in [0.15, 0.2) is 61.1 Å². The molecule has 1 aromatic carbocycles. The number of hydrogen-bond donors (Lipinski definition) is 2. The minimum Gasteiger partial charge on any atom is -0.497 e. The van der Waals surface area contributed by atoms with Crippen molar-refractivity contribution in [1.82, 2.24) is 15.3 Å². The topological polar surface area (TPSA) is 85.4 Å². The smallest absolute Gasteiger partial charge is 0.319 e. The first kappa shape index (κ1) is 18.2. The second kappa shape index (κ2) is 8.66. The van der Waals surface area contributed by atoms with E-state index >= 15 is 0 Å². The van der Waals surface area contributed by atoms with Gasteiger partial charge < -0.3 is 20.1 Å². The first-order valence-electron chi connectivity index (χ1n) is 8.32. The first-order valence-corrected chi connectivity index (χ1v) is 8.32. The van der Waals surface area contributed by atoms with Crippen LogP contribution in [0.2, 0.25) is 0 Å². The van der Waals surface area contributed by atoms with Gasteiger partial charge >= 0.3 is 6.03 Å². The maximum atomic E-state index is 12.3. The number of urea groups is 1. The van der Waals surface area contributed by atoms with Crippen molar-refractivity contribution in [3.05, 3.63) is 66.6 Å². The molecule has 0 saturated heterocycles. The van der Waals surface area contributed by atoms with Crippen molar-refractivity contribution in [2.75, 3.05) is 19.5 Å². The molecule has 2 N–H and O–H groups in total. The van der Waals surface area contributed by atoms with Crippen LogP contribution in [0.3, 0.4) is 0 Å². The number of rotatable bonds is 6. The van der Waals surface area contributed by atoms with Gasteiger partial charge in [-0.3, -0.25) is 9.97 Å². The summed E-state index contributed by atoms with van der Waals surface area (Å²) in [5, 5.41) is 5.62. The van der Waals surface area contributed by atoms with Crippen molar-refractivity contribution in [2.45, 2.75) is 6.54 Å². The summed E-state index contributed by atoms with van der Waals surface area (Å²) in [4.78, 5) is 20.8. The van der Waals surface area contributed by atoms with Crippen LogP contribution >= 0.6 is 0 Å². The molecule has 3 aromatic rings. The maximum absolute atomic E-state index is 12.3. The molecular weight excluding hydrogens is 344 g/mol. The summed E-state index contributed by atoms with van der Waals surface area (Å²) >= 11 is 0. The van der Waals surface area contributed by atoms with Gasteiger partial charge in [0.25, 0.3) is 0 Å². The van der Waals surface area contributed by atoms with Crippen molar-refractivity contribution in [3.63, 3.8) is 0 Å². The molecule has 0 bridgehead atoms. The van der Waals surface area contributed by atoms with Crippen molar-refractivity contribution >= 4 is 11.7 Å². The van der Waals surface area contributed by atoms with E-state index in [1.807, 2.05) is 24.3 Å². The number of carbonyl (C=O) groups excluding carboxylic acids is 1. The zero-order valence-electron chi connectivity index (χ0n) is 15.1. The summed E-state index contributed by atoms with van der Waals surface area (Å²) in [6.45, 7) is 0.322. The maximum Gasteiger partial charge on any atom is 0.319 e. The molecule has 0 fully saturated rings. The molecule has 138 valence electrons. The van der Waals surface area contributed by atoms with E-state index in [0.717, 1.165) is 16.8 Å². The molecule has 3 rings (SSSR count). The Bertz CT molecular complexity index is 916. The van der Waals surface area contributed by atoms with Crippen LogP contribution in [0.5, 0.6) is 11.5 Å². The van der Waals surface area contributed by atoms with Crippen LogP contribution in [0.1, 0.15) is 5.56 Å². The number of aromatic nitrogens is 2. The summed E-state index contributed by atoms with van der Waals surface area (Å²) in [6, 6.07) is 12.4. The number of ether oxygens (including phenoxy) is 2. The Labute approximate surface area is 157 Å². The molecule has 7 nitrogen and oxygen atoms in total. The highest BCUT2D eigenvalue weighted by Gasteiger charge is 2.11. The Balaban J connectivity index is 1.69. The first-order chi connectivity index (χ1) is 13.2. The molecule has 0 radical (unpaired) electrons. The highest BCUT2D eigenvalue weighted by Crippen LogP contribution is 2.29. The monoisotopic (exact) mass is 364 g/mol. The van der Waals surface area contributed by atoms with Gasteiger partial charge in [0.05, 0.1) is 25.6 Å². The molecule has 7 heteroatoms. The van der Waals surface area contributed by atoms with Gasteiger partial charge in [-0.2, -0.15) is 0 Å². The van der Waals surface area contributed by atoms with Crippen LogP contribution in [0.4, 0.5) is 10.5 Å². The number of nitrogens with zero attached hydrogens (tertiary/aromatic N) is 2. The Hall–Kier alpha value is -3.61. The van der Waals surface area contributed by atoms with Crippen molar-refractivity contribution in [3.8, 4) is 22.8 Å². The minimum atomic E-state index is -0.348. The molecule has 0 saturated carbocycles. The average Bonchev–Trinajstić information content (AvgIpc) is 2.73. The fourth-order valence-corrected chi connectivity index (χ4v) is 2.59. The highest BCUT2D eigenvalue weighted by molar-refractivity contribution is 5.91. The largest absolute Gasteiger partial charge is 0.497 e. The zero-order chi connectivity index (χ0) is 19.1. The van der Waals surface area contributed by atoms with Crippen molar-refractivity contribution in [2.24, 2.45) is 0 Å². The van der Waals surface area contributed by atoms with E-state index in [4.69, 9.17) is 9.47 Å². The van der Waals surface area contributed by atoms with Gasteiger partial charge in [-0.1, -0.05) is 6.07 Å². The summed E-state index contributed by atoms with van der Waals surface area (Å²) in [7, 11) is 3.11. The second-order valence-corrected chi connectivity index (χ2v) is 5.63. The number of benzene rings is 1. The molecule has 0 atom stereocenters. The Kier molecular flexibility index (Phi) is 5.84. The van der Waals surface area contributed by atoms with E-state index in [1.54, 1.807) is 43.9 Å². The van der Waals surface area contributed by atoms with Crippen LogP contribution < -0.4 is 20.1 Å². The van der Waals surface area contributed by atoms with Gasteiger partial charge in [-0.15, -0.1) is 0 Å². The van der Waals surface area contributed by atoms with Crippen LogP contribution in [0, 0.1) is 0 Å². The van der Waals surface area contributed by atoms with E-state index in [9.17, 15) is 4.79 Å². The lowest BCUT2D eigenvalue weighted by molar-refractivity contribution is 0.251. The number of anilines is 1. The van der Waals surface area contributed by atoms with Crippen LogP contribution in [0.25, 0.3) is 11.3 Å². The van der Waals surface area contributed by atoms with Crippen LogP contribution in [-0.4, -0.2) is 30.2 Å². The fraction of sp³-hybridized carbons (Fsp3) is 0.150. The normalized spacial score (nSPS) is 10.1. The van der Waals surface area contributed by atoms with E-state index in [2.05, 4.69) is 20.6 Å². The molecule has 2 aromatic heterocycles. The third-order valence-corrected chi connectivity index (χ3v) is 3.92. The molecule has 2 amide bonds. The van der Waals surface area contributed by atoms with Gasteiger partial charge in [0.1, 0.15) is 11.5 Å². The van der Waals surface area contributed by atoms with Gasteiger partial charge in [-0.05, 0) is 35.9 Å². The Morgan fingerprint density at radius 2 is 1.93 bits per heavy atom. The quantitative estimate of drug-likeness (QED) is 0.699. The Morgan fingerprint density at radius 3 is 2.67 bits per heavy atom. The summed E-state index contributed by atoms with van der Waals surface area (Å²) < 4.78 is 10.4. The fourth-order valence-electron chi connectivity index (χ4n) is 2.59. The van der Waals surface area contributed by atoms with Gasteiger partial charge in [0.2, 0.25) is 0 Å². The van der Waals surface area contributed by atoms with E-state index in [0.29, 0.717) is 23.7 Å². The zero-order valence-corrected chi connectivity index (χ0v) is 15.1. The number of pyridine rings is 2. The standard InChI is InChI=1S/C20H20N4O3/c1-26-16-7-8-17(18(11-16)27-2)24-20(25)23-13-15-6-4-10-22-19(15)14-5-3-9-21-12-14/h3-12H,13H2,1-2H3,(H2,23,24,25). The van der Waals surface area contributed by atoms with E-state index < -0.39 is 0 Å². The summed E-state index contributed by atoms with van der Waals surface area (Å²) in [6.07, 6.45) is 5.17. The summed E-state index contributed by atoms with van der Waals surface area (Å²) in [5.74, 6) is 1.16. The SMILES string of the molecule is COc1ccc(NC(=O)NCc2cccnc2-c2cccnc2)c(OC)c1. The third kappa shape index (κ3) is 4.52. The van der Waals surface area contributed by atoms with Gasteiger partial charge in [-0.25, -0.2) is 4.79 Å². The van der Waals surface area contributed by atoms with Crippen LogP contribution in [-0.2, 0) is 6.54 Å². The highest BCUT2D eigenvalue weighted by atomic mass is 16.5. The van der Waals surface area contributed by atoms with Crippen molar-refractivity contribution in [1.29, 1.82) is 0 Å².